The van der Waals surface area contributed by atoms with Crippen LogP contribution in [0.15, 0.2) is 17.5 Å². The highest BCUT2D eigenvalue weighted by Crippen LogP contribution is 2.22. The van der Waals surface area contributed by atoms with Crippen LogP contribution in [0.25, 0.3) is 0 Å². The molecule has 1 atom stereocenters. The van der Waals surface area contributed by atoms with Crippen LogP contribution in [0.1, 0.15) is 22.4 Å². The fourth-order valence-corrected chi connectivity index (χ4v) is 3.29. The summed E-state index contributed by atoms with van der Waals surface area (Å²) in [5.74, 6) is 0. The van der Waals surface area contributed by atoms with Crippen molar-refractivity contribution in [3.63, 3.8) is 0 Å². The molecule has 2 aromatic rings. The molecule has 0 aliphatic heterocycles. The van der Waals surface area contributed by atoms with Gasteiger partial charge in [0.25, 0.3) is 0 Å². The summed E-state index contributed by atoms with van der Waals surface area (Å²) in [6, 6.07) is 4.72. The highest BCUT2D eigenvalue weighted by molar-refractivity contribution is 7.15. The van der Waals surface area contributed by atoms with Gasteiger partial charge in [-0.25, -0.2) is 4.98 Å². The Morgan fingerprint density at radius 2 is 2.25 bits per heavy atom. The van der Waals surface area contributed by atoms with Gasteiger partial charge < -0.3 is 5.32 Å². The van der Waals surface area contributed by atoms with Gasteiger partial charge in [-0.1, -0.05) is 6.07 Å². The number of thiophene rings is 1. The summed E-state index contributed by atoms with van der Waals surface area (Å²) in [7, 11) is 0. The second kappa shape index (κ2) is 4.97. The molecule has 2 rings (SSSR count). The van der Waals surface area contributed by atoms with Crippen molar-refractivity contribution < 1.29 is 0 Å². The van der Waals surface area contributed by atoms with Crippen LogP contribution in [0.4, 0.5) is 5.13 Å². The zero-order valence-electron chi connectivity index (χ0n) is 9.78. The molecule has 2 heterocycles. The van der Waals surface area contributed by atoms with Gasteiger partial charge in [0.15, 0.2) is 5.13 Å². The molecule has 0 radical (unpaired) electrons. The lowest BCUT2D eigenvalue weighted by Crippen LogP contribution is -2.17. The van der Waals surface area contributed by atoms with E-state index in [9.17, 15) is 0 Å². The maximum Gasteiger partial charge on any atom is 0.183 e. The number of anilines is 1. The second-order valence-corrected chi connectivity index (χ2v) is 6.22. The topological polar surface area (TPSA) is 24.9 Å². The molecule has 1 N–H and O–H groups in total. The molecule has 16 heavy (non-hydrogen) atoms. The van der Waals surface area contributed by atoms with Crippen molar-refractivity contribution in [1.29, 1.82) is 0 Å². The van der Waals surface area contributed by atoms with Crippen LogP contribution in [-0.2, 0) is 6.42 Å². The summed E-state index contributed by atoms with van der Waals surface area (Å²) >= 11 is 3.55. The van der Waals surface area contributed by atoms with E-state index < -0.39 is 0 Å². The van der Waals surface area contributed by atoms with Crippen LogP contribution in [0.3, 0.4) is 0 Å². The van der Waals surface area contributed by atoms with Gasteiger partial charge in [-0.15, -0.1) is 22.7 Å². The number of rotatable bonds is 4. The van der Waals surface area contributed by atoms with Crippen LogP contribution in [0.2, 0.25) is 0 Å². The Morgan fingerprint density at radius 1 is 1.44 bits per heavy atom. The number of aryl methyl sites for hydroxylation is 2. The maximum absolute atomic E-state index is 4.49. The number of aromatic nitrogens is 1. The molecule has 0 bridgehead atoms. The molecule has 0 spiro atoms. The number of nitrogens with one attached hydrogen (secondary N) is 1. The standard InChI is InChI=1S/C12H16N2S2/c1-8(7-11-5-4-6-15-11)13-12-14-9(2)10(3)16-12/h4-6,8H,7H2,1-3H3,(H,13,14). The molecule has 0 amide bonds. The Balaban J connectivity index is 1.94. The van der Waals surface area contributed by atoms with Crippen molar-refractivity contribution in [1.82, 2.24) is 4.98 Å². The Kier molecular flexibility index (Phi) is 3.61. The largest absolute Gasteiger partial charge is 0.359 e. The third kappa shape index (κ3) is 2.83. The van der Waals surface area contributed by atoms with E-state index in [4.69, 9.17) is 0 Å². The zero-order chi connectivity index (χ0) is 11.5. The number of hydrogen-bond donors (Lipinski definition) is 1. The highest BCUT2D eigenvalue weighted by Gasteiger charge is 2.08. The van der Waals surface area contributed by atoms with E-state index >= 15 is 0 Å². The molecular formula is C12H16N2S2. The first-order valence-corrected chi connectivity index (χ1v) is 7.07. The normalized spacial score (nSPS) is 12.7. The van der Waals surface area contributed by atoms with E-state index in [1.807, 2.05) is 11.3 Å². The molecule has 0 fully saturated rings. The predicted molar refractivity (Wildman–Crippen MR) is 72.7 cm³/mol. The van der Waals surface area contributed by atoms with E-state index in [0.29, 0.717) is 6.04 Å². The molecule has 2 aromatic heterocycles. The van der Waals surface area contributed by atoms with Gasteiger partial charge in [-0.2, -0.15) is 0 Å². The Labute approximate surface area is 104 Å². The van der Waals surface area contributed by atoms with Crippen molar-refractivity contribution in [2.45, 2.75) is 33.2 Å². The Hall–Kier alpha value is -0.870. The van der Waals surface area contributed by atoms with Crippen LogP contribution >= 0.6 is 22.7 Å². The lowest BCUT2D eigenvalue weighted by atomic mass is 10.2. The number of hydrogen-bond acceptors (Lipinski definition) is 4. The van der Waals surface area contributed by atoms with E-state index in [1.165, 1.54) is 9.75 Å². The second-order valence-electron chi connectivity index (χ2n) is 3.99. The highest BCUT2D eigenvalue weighted by atomic mass is 32.1. The molecule has 1 unspecified atom stereocenters. The minimum absolute atomic E-state index is 0.434. The summed E-state index contributed by atoms with van der Waals surface area (Å²) in [5, 5.41) is 6.62. The molecule has 0 aromatic carbocycles. The SMILES string of the molecule is Cc1nc(NC(C)Cc2cccs2)sc1C. The summed E-state index contributed by atoms with van der Waals surface area (Å²) in [5.41, 5.74) is 1.14. The van der Waals surface area contributed by atoms with Gasteiger partial charge in [-0.3, -0.25) is 0 Å². The molecule has 0 aliphatic rings. The van der Waals surface area contributed by atoms with Crippen LogP contribution in [0.5, 0.6) is 0 Å². The Bertz CT molecular complexity index is 426. The van der Waals surface area contributed by atoms with Crippen LogP contribution < -0.4 is 5.32 Å². The first kappa shape index (κ1) is 11.6. The van der Waals surface area contributed by atoms with Gasteiger partial charge in [-0.05, 0) is 32.2 Å². The lowest BCUT2D eigenvalue weighted by Gasteiger charge is -2.11. The summed E-state index contributed by atoms with van der Waals surface area (Å²) < 4.78 is 0. The quantitative estimate of drug-likeness (QED) is 0.893. The van der Waals surface area contributed by atoms with Gasteiger partial charge in [0, 0.05) is 22.2 Å². The molecule has 86 valence electrons. The van der Waals surface area contributed by atoms with E-state index in [2.05, 4.69) is 48.6 Å². The molecular weight excluding hydrogens is 236 g/mol. The van der Waals surface area contributed by atoms with Crippen molar-refractivity contribution in [2.75, 3.05) is 5.32 Å². The van der Waals surface area contributed by atoms with Crippen molar-refractivity contribution in [2.24, 2.45) is 0 Å². The van der Waals surface area contributed by atoms with Gasteiger partial charge >= 0.3 is 0 Å². The zero-order valence-corrected chi connectivity index (χ0v) is 11.4. The first-order chi connectivity index (χ1) is 7.65. The van der Waals surface area contributed by atoms with Gasteiger partial charge in [0.2, 0.25) is 0 Å². The summed E-state index contributed by atoms with van der Waals surface area (Å²) in [4.78, 5) is 7.21. The average Bonchev–Trinajstić information content (AvgIpc) is 2.78. The third-order valence-electron chi connectivity index (χ3n) is 2.49. The molecule has 4 heteroatoms. The number of thiazole rings is 1. The molecule has 2 nitrogen and oxygen atoms in total. The average molecular weight is 252 g/mol. The van der Waals surface area contributed by atoms with Gasteiger partial charge in [0.05, 0.1) is 5.69 Å². The van der Waals surface area contributed by atoms with Crippen molar-refractivity contribution in [3.8, 4) is 0 Å². The predicted octanol–water partition coefficient (Wildman–Crippen LogP) is 3.86. The van der Waals surface area contributed by atoms with Crippen molar-refractivity contribution >= 4 is 27.8 Å². The van der Waals surface area contributed by atoms with Crippen molar-refractivity contribution in [3.05, 3.63) is 33.0 Å². The van der Waals surface area contributed by atoms with Crippen LogP contribution in [-0.4, -0.2) is 11.0 Å². The molecule has 0 aliphatic carbocycles. The maximum atomic E-state index is 4.49. The summed E-state index contributed by atoms with van der Waals surface area (Å²) in [6.07, 6.45) is 1.06. The van der Waals surface area contributed by atoms with Gasteiger partial charge in [0.1, 0.15) is 0 Å². The smallest absolute Gasteiger partial charge is 0.183 e. The minimum Gasteiger partial charge on any atom is -0.359 e. The third-order valence-corrected chi connectivity index (χ3v) is 4.39. The van der Waals surface area contributed by atoms with E-state index in [1.54, 1.807) is 11.3 Å². The van der Waals surface area contributed by atoms with Crippen LogP contribution in [0, 0.1) is 13.8 Å². The minimum atomic E-state index is 0.434. The first-order valence-electron chi connectivity index (χ1n) is 5.38. The fourth-order valence-electron chi connectivity index (χ4n) is 1.53. The fraction of sp³-hybridized carbons (Fsp3) is 0.417. The Morgan fingerprint density at radius 3 is 2.81 bits per heavy atom. The molecule has 0 saturated carbocycles. The van der Waals surface area contributed by atoms with E-state index in [0.717, 1.165) is 17.2 Å². The molecule has 0 saturated heterocycles. The monoisotopic (exact) mass is 252 g/mol. The lowest BCUT2D eigenvalue weighted by molar-refractivity contribution is 0.798. The van der Waals surface area contributed by atoms with E-state index in [-0.39, 0.29) is 0 Å². The summed E-state index contributed by atoms with van der Waals surface area (Å²) in [6.45, 7) is 6.37. The number of nitrogens with zero attached hydrogens (tertiary/aromatic N) is 1.